The molecule has 1 aromatic heterocycles. The number of thiophene rings is 1. The molecule has 1 aliphatic heterocycles. The van der Waals surface area contributed by atoms with Crippen molar-refractivity contribution in [3.05, 3.63) is 16.0 Å². The highest BCUT2D eigenvalue weighted by molar-refractivity contribution is 7.81. The second-order valence-corrected chi connectivity index (χ2v) is 7.03. The van der Waals surface area contributed by atoms with Gasteiger partial charge in [-0.05, 0) is 31.2 Å². The summed E-state index contributed by atoms with van der Waals surface area (Å²) in [5.41, 5.74) is 1.95. The molecule has 5 heteroatoms. The molecule has 1 aliphatic carbocycles. The van der Waals surface area contributed by atoms with E-state index in [0.717, 1.165) is 29.8 Å². The number of fused-ring (bicyclic) bond motifs is 1. The van der Waals surface area contributed by atoms with Gasteiger partial charge in [-0.2, -0.15) is 17.9 Å². The van der Waals surface area contributed by atoms with Crippen LogP contribution in [0.5, 0.6) is 0 Å². The number of carbonyl (C=O) groups excluding carboxylic acids is 1. The minimum absolute atomic E-state index is 0.0981. The van der Waals surface area contributed by atoms with E-state index in [2.05, 4.69) is 18.7 Å². The van der Waals surface area contributed by atoms with Gasteiger partial charge in [0.2, 0.25) is 5.91 Å². The molecule has 19 heavy (non-hydrogen) atoms. The van der Waals surface area contributed by atoms with Gasteiger partial charge < -0.3 is 4.90 Å². The van der Waals surface area contributed by atoms with Crippen molar-refractivity contribution >= 4 is 34.9 Å². The van der Waals surface area contributed by atoms with Crippen LogP contribution in [-0.2, 0) is 17.6 Å². The first-order valence-corrected chi connectivity index (χ1v) is 8.07. The number of anilines is 1. The molecule has 1 atom stereocenters. The normalized spacial score (nSPS) is 23.1. The van der Waals surface area contributed by atoms with Crippen LogP contribution >= 0.6 is 24.0 Å². The lowest BCUT2D eigenvalue weighted by Gasteiger charge is -2.14. The molecule has 2 heterocycles. The molecule has 0 spiro atoms. The van der Waals surface area contributed by atoms with Crippen molar-refractivity contribution in [2.75, 3.05) is 11.4 Å². The molecule has 0 saturated carbocycles. The van der Waals surface area contributed by atoms with Crippen LogP contribution in [0.4, 0.5) is 5.00 Å². The van der Waals surface area contributed by atoms with E-state index in [-0.39, 0.29) is 11.2 Å². The van der Waals surface area contributed by atoms with Gasteiger partial charge >= 0.3 is 0 Å². The zero-order chi connectivity index (χ0) is 13.4. The second kappa shape index (κ2) is 5.18. The van der Waals surface area contributed by atoms with Crippen LogP contribution < -0.4 is 4.90 Å². The monoisotopic (exact) mass is 292 g/mol. The standard InChI is InChI=1S/C14H16N2OS2/c15-7-11-10-4-2-1-3-5-12(10)19-14(11)16-8-9(18)6-13(16)17/h9,18H,1-6,8H2. The molecule has 1 amide bonds. The van der Waals surface area contributed by atoms with Crippen molar-refractivity contribution in [3.63, 3.8) is 0 Å². The minimum atomic E-state index is 0.0981. The Bertz CT molecular complexity index is 559. The number of nitriles is 1. The molecule has 0 bridgehead atoms. The Morgan fingerprint density at radius 3 is 2.79 bits per heavy atom. The summed E-state index contributed by atoms with van der Waals surface area (Å²) in [4.78, 5) is 15.1. The van der Waals surface area contributed by atoms with Gasteiger partial charge in [0.05, 0.1) is 5.56 Å². The largest absolute Gasteiger partial charge is 0.302 e. The highest BCUT2D eigenvalue weighted by Crippen LogP contribution is 2.40. The summed E-state index contributed by atoms with van der Waals surface area (Å²) in [6.45, 7) is 0.635. The van der Waals surface area contributed by atoms with Crippen LogP contribution in [0.3, 0.4) is 0 Å². The number of amides is 1. The highest BCUT2D eigenvalue weighted by atomic mass is 32.1. The molecule has 1 saturated heterocycles. The van der Waals surface area contributed by atoms with Gasteiger partial charge in [-0.15, -0.1) is 11.3 Å². The summed E-state index contributed by atoms with van der Waals surface area (Å²) in [6, 6.07) is 2.34. The van der Waals surface area contributed by atoms with Crippen LogP contribution in [0.1, 0.15) is 41.7 Å². The maximum absolute atomic E-state index is 12.0. The van der Waals surface area contributed by atoms with Crippen molar-refractivity contribution in [2.24, 2.45) is 0 Å². The van der Waals surface area contributed by atoms with Gasteiger partial charge in [-0.1, -0.05) is 6.42 Å². The number of carbonyl (C=O) groups is 1. The maximum Gasteiger partial charge on any atom is 0.228 e. The Morgan fingerprint density at radius 2 is 2.11 bits per heavy atom. The SMILES string of the molecule is N#Cc1c(N2CC(S)CC2=O)sc2c1CCCCC2. The lowest BCUT2D eigenvalue weighted by molar-refractivity contribution is -0.116. The predicted octanol–water partition coefficient (Wildman–Crippen LogP) is 2.92. The van der Waals surface area contributed by atoms with Crippen molar-refractivity contribution in [2.45, 2.75) is 43.8 Å². The summed E-state index contributed by atoms with van der Waals surface area (Å²) in [5.74, 6) is 0.105. The number of nitrogens with zero attached hydrogens (tertiary/aromatic N) is 2. The Morgan fingerprint density at radius 1 is 1.32 bits per heavy atom. The van der Waals surface area contributed by atoms with E-state index in [9.17, 15) is 10.1 Å². The van der Waals surface area contributed by atoms with Gasteiger partial charge in [0.1, 0.15) is 11.1 Å². The van der Waals surface area contributed by atoms with Crippen LogP contribution in [0.2, 0.25) is 0 Å². The summed E-state index contributed by atoms with van der Waals surface area (Å²) in [5, 5.41) is 10.4. The maximum atomic E-state index is 12.0. The summed E-state index contributed by atoms with van der Waals surface area (Å²) in [6.07, 6.45) is 6.11. The first-order valence-electron chi connectivity index (χ1n) is 6.73. The number of aryl methyl sites for hydroxylation is 1. The first-order chi connectivity index (χ1) is 9.20. The van der Waals surface area contributed by atoms with E-state index in [1.54, 1.807) is 16.2 Å². The van der Waals surface area contributed by atoms with Gasteiger partial charge in [0.25, 0.3) is 0 Å². The second-order valence-electron chi connectivity index (χ2n) is 5.22. The number of hydrogen-bond acceptors (Lipinski definition) is 4. The van der Waals surface area contributed by atoms with Gasteiger partial charge in [-0.25, -0.2) is 0 Å². The summed E-state index contributed by atoms with van der Waals surface area (Å²) >= 11 is 6.04. The van der Waals surface area contributed by atoms with Crippen LogP contribution in [0, 0.1) is 11.3 Å². The lowest BCUT2D eigenvalue weighted by Crippen LogP contribution is -2.24. The third-order valence-corrected chi connectivity index (χ3v) is 5.52. The van der Waals surface area contributed by atoms with Gasteiger partial charge in [-0.3, -0.25) is 4.79 Å². The molecule has 0 N–H and O–H groups in total. The molecular weight excluding hydrogens is 276 g/mol. The molecule has 1 fully saturated rings. The molecule has 0 aromatic carbocycles. The third-order valence-electron chi connectivity index (χ3n) is 3.86. The molecule has 3 rings (SSSR count). The van der Waals surface area contributed by atoms with Crippen LogP contribution in [-0.4, -0.2) is 17.7 Å². The fourth-order valence-electron chi connectivity index (χ4n) is 2.92. The van der Waals surface area contributed by atoms with E-state index in [0.29, 0.717) is 13.0 Å². The van der Waals surface area contributed by atoms with Crippen molar-refractivity contribution in [3.8, 4) is 6.07 Å². The van der Waals surface area contributed by atoms with Crippen molar-refractivity contribution in [1.82, 2.24) is 0 Å². The average Bonchev–Trinajstić information content (AvgIpc) is 2.80. The zero-order valence-electron chi connectivity index (χ0n) is 10.7. The van der Waals surface area contributed by atoms with E-state index in [4.69, 9.17) is 0 Å². The zero-order valence-corrected chi connectivity index (χ0v) is 12.4. The Balaban J connectivity index is 2.03. The van der Waals surface area contributed by atoms with Gasteiger partial charge in [0, 0.05) is 23.1 Å². The first kappa shape index (κ1) is 13.0. The quantitative estimate of drug-likeness (QED) is 0.639. The van der Waals surface area contributed by atoms with Crippen molar-refractivity contribution < 1.29 is 4.79 Å². The van der Waals surface area contributed by atoms with E-state index >= 15 is 0 Å². The molecule has 0 radical (unpaired) electrons. The van der Waals surface area contributed by atoms with Crippen molar-refractivity contribution in [1.29, 1.82) is 5.26 Å². The lowest BCUT2D eigenvalue weighted by atomic mass is 10.1. The third kappa shape index (κ3) is 2.28. The molecule has 3 nitrogen and oxygen atoms in total. The number of hydrogen-bond donors (Lipinski definition) is 1. The summed E-state index contributed by atoms with van der Waals surface area (Å²) in [7, 11) is 0. The fourth-order valence-corrected chi connectivity index (χ4v) is 4.60. The smallest absolute Gasteiger partial charge is 0.228 e. The molecule has 1 unspecified atom stereocenters. The van der Waals surface area contributed by atoms with Crippen LogP contribution in [0.25, 0.3) is 0 Å². The Labute approximate surface area is 122 Å². The highest BCUT2D eigenvalue weighted by Gasteiger charge is 2.33. The van der Waals surface area contributed by atoms with E-state index in [1.807, 2.05) is 0 Å². The fraction of sp³-hybridized carbons (Fsp3) is 0.571. The molecule has 100 valence electrons. The number of rotatable bonds is 1. The minimum Gasteiger partial charge on any atom is -0.302 e. The Kier molecular flexibility index (Phi) is 3.55. The summed E-state index contributed by atoms with van der Waals surface area (Å²) < 4.78 is 0. The molecule has 2 aliphatic rings. The van der Waals surface area contributed by atoms with Gasteiger partial charge in [0.15, 0.2) is 0 Å². The van der Waals surface area contributed by atoms with Crippen LogP contribution in [0.15, 0.2) is 0 Å². The Hall–Kier alpha value is -0.990. The number of thiol groups is 1. The van der Waals surface area contributed by atoms with E-state index in [1.165, 1.54) is 23.3 Å². The predicted molar refractivity (Wildman–Crippen MR) is 80.0 cm³/mol. The molecule has 1 aromatic rings. The van der Waals surface area contributed by atoms with E-state index < -0.39 is 0 Å². The average molecular weight is 292 g/mol. The topological polar surface area (TPSA) is 44.1 Å². The molecular formula is C14H16N2OS2.